The third-order valence-corrected chi connectivity index (χ3v) is 3.58. The first-order valence-electron chi connectivity index (χ1n) is 6.65. The number of benzene rings is 2. The number of hydrogen-bond donors (Lipinski definition) is 2. The molecule has 112 valence electrons. The van der Waals surface area contributed by atoms with Crippen LogP contribution in [0, 0.1) is 6.92 Å². The molecule has 5 heteroatoms. The van der Waals surface area contributed by atoms with Crippen molar-refractivity contribution in [2.24, 2.45) is 0 Å². The molecule has 0 fully saturated rings. The Kier molecular flexibility index (Phi) is 3.25. The van der Waals surface area contributed by atoms with Crippen molar-refractivity contribution in [3.63, 3.8) is 0 Å². The highest BCUT2D eigenvalue weighted by Crippen LogP contribution is 2.33. The summed E-state index contributed by atoms with van der Waals surface area (Å²) in [5.74, 6) is 0.658. The second-order valence-corrected chi connectivity index (χ2v) is 4.95. The summed E-state index contributed by atoms with van der Waals surface area (Å²) < 4.78 is 10.7. The van der Waals surface area contributed by atoms with E-state index >= 15 is 0 Å². The van der Waals surface area contributed by atoms with Gasteiger partial charge in [0.05, 0.1) is 12.5 Å². The average molecular weight is 298 g/mol. The third kappa shape index (κ3) is 2.16. The fourth-order valence-electron chi connectivity index (χ4n) is 2.33. The van der Waals surface area contributed by atoms with Gasteiger partial charge in [0, 0.05) is 17.2 Å². The number of aromatic hydroxyl groups is 2. The van der Waals surface area contributed by atoms with E-state index in [-0.39, 0.29) is 16.9 Å². The highest BCUT2D eigenvalue weighted by atomic mass is 16.5. The Morgan fingerprint density at radius 1 is 1.05 bits per heavy atom. The van der Waals surface area contributed by atoms with Gasteiger partial charge in [-0.1, -0.05) is 0 Å². The van der Waals surface area contributed by atoms with E-state index < -0.39 is 0 Å². The number of fused-ring (bicyclic) bond motifs is 1. The van der Waals surface area contributed by atoms with Gasteiger partial charge in [0.15, 0.2) is 16.9 Å². The van der Waals surface area contributed by atoms with E-state index in [0.29, 0.717) is 33.6 Å². The molecule has 0 radical (unpaired) electrons. The maximum absolute atomic E-state index is 12.2. The molecule has 0 saturated carbocycles. The third-order valence-electron chi connectivity index (χ3n) is 3.58. The molecular formula is C17H14O5. The molecule has 2 N–H and O–H groups in total. The first kappa shape index (κ1) is 14.0. The zero-order valence-corrected chi connectivity index (χ0v) is 12.1. The second kappa shape index (κ2) is 5.11. The first-order chi connectivity index (χ1) is 10.5. The van der Waals surface area contributed by atoms with Crippen LogP contribution in [-0.4, -0.2) is 17.3 Å². The van der Waals surface area contributed by atoms with Crippen LogP contribution in [0.4, 0.5) is 0 Å². The monoisotopic (exact) mass is 298 g/mol. The minimum Gasteiger partial charge on any atom is -0.508 e. The van der Waals surface area contributed by atoms with Crippen molar-refractivity contribution in [2.45, 2.75) is 6.92 Å². The molecule has 2 aromatic carbocycles. The molecule has 3 rings (SSSR count). The number of rotatable bonds is 2. The molecule has 3 aromatic rings. The molecule has 1 heterocycles. The lowest BCUT2D eigenvalue weighted by Gasteiger charge is -2.08. The highest BCUT2D eigenvalue weighted by Gasteiger charge is 2.12. The van der Waals surface area contributed by atoms with E-state index in [0.717, 1.165) is 0 Å². The van der Waals surface area contributed by atoms with E-state index in [1.807, 2.05) is 0 Å². The molecule has 0 amide bonds. The van der Waals surface area contributed by atoms with Gasteiger partial charge in [-0.25, -0.2) is 0 Å². The lowest BCUT2D eigenvalue weighted by Crippen LogP contribution is -2.01. The molecule has 5 nitrogen and oxygen atoms in total. The van der Waals surface area contributed by atoms with Gasteiger partial charge in [0.25, 0.3) is 0 Å². The summed E-state index contributed by atoms with van der Waals surface area (Å²) in [6.45, 7) is 1.68. The normalized spacial score (nSPS) is 10.8. The van der Waals surface area contributed by atoms with Crippen LogP contribution >= 0.6 is 0 Å². The summed E-state index contributed by atoms with van der Waals surface area (Å²) in [6, 6.07) is 9.08. The fraction of sp³-hybridized carbons (Fsp3) is 0.118. The van der Waals surface area contributed by atoms with Crippen LogP contribution in [0.15, 0.2) is 45.6 Å². The Labute approximate surface area is 126 Å². The molecule has 0 unspecified atom stereocenters. The number of hydrogen-bond acceptors (Lipinski definition) is 5. The van der Waals surface area contributed by atoms with Gasteiger partial charge in [-0.05, 0) is 37.3 Å². The number of phenols is 2. The van der Waals surface area contributed by atoms with Gasteiger partial charge in [-0.2, -0.15) is 0 Å². The first-order valence-corrected chi connectivity index (χ1v) is 6.65. The summed E-state index contributed by atoms with van der Waals surface area (Å²) in [7, 11) is 1.46. The summed E-state index contributed by atoms with van der Waals surface area (Å²) in [6.07, 6.45) is 0. The van der Waals surface area contributed by atoms with Crippen LogP contribution in [0.2, 0.25) is 0 Å². The Balaban J connectivity index is 2.26. The van der Waals surface area contributed by atoms with Gasteiger partial charge < -0.3 is 19.4 Å². The van der Waals surface area contributed by atoms with Crippen molar-refractivity contribution >= 4 is 11.0 Å². The smallest absolute Gasteiger partial charge is 0.193 e. The molecule has 0 aliphatic rings. The van der Waals surface area contributed by atoms with E-state index in [1.54, 1.807) is 19.1 Å². The lowest BCUT2D eigenvalue weighted by atomic mass is 10.1. The molecule has 0 bridgehead atoms. The van der Waals surface area contributed by atoms with Crippen molar-refractivity contribution in [3.05, 3.63) is 52.2 Å². The predicted octanol–water partition coefficient (Wildman–Crippen LogP) is 3.19. The maximum Gasteiger partial charge on any atom is 0.193 e. The lowest BCUT2D eigenvalue weighted by molar-refractivity contribution is 0.373. The Morgan fingerprint density at radius 3 is 2.50 bits per heavy atom. The van der Waals surface area contributed by atoms with Crippen molar-refractivity contribution in [3.8, 4) is 28.6 Å². The quantitative estimate of drug-likeness (QED) is 0.759. The summed E-state index contributed by atoms with van der Waals surface area (Å²) in [5, 5.41) is 20.0. The molecule has 0 saturated heterocycles. The summed E-state index contributed by atoms with van der Waals surface area (Å²) in [5.41, 5.74) is 1.15. The number of phenolic OH excluding ortho intramolecular Hbond substituents is 2. The van der Waals surface area contributed by atoms with E-state index in [2.05, 4.69) is 0 Å². The summed E-state index contributed by atoms with van der Waals surface area (Å²) >= 11 is 0. The number of methoxy groups -OCH3 is 1. The SMILES string of the molecule is COc1ccc(-c2cc(=O)c3ccc(O)c(C)c3o2)cc1O. The Hall–Kier alpha value is -2.95. The maximum atomic E-state index is 12.2. The number of aryl methyl sites for hydroxylation is 1. The molecule has 0 aliphatic carbocycles. The topological polar surface area (TPSA) is 79.9 Å². The van der Waals surface area contributed by atoms with Gasteiger partial charge in [0.1, 0.15) is 17.1 Å². The van der Waals surface area contributed by atoms with E-state index in [1.165, 1.54) is 31.4 Å². The fourth-order valence-corrected chi connectivity index (χ4v) is 2.33. The van der Waals surface area contributed by atoms with Crippen LogP contribution in [0.3, 0.4) is 0 Å². The van der Waals surface area contributed by atoms with Crippen LogP contribution < -0.4 is 10.2 Å². The molecule has 1 aromatic heterocycles. The largest absolute Gasteiger partial charge is 0.508 e. The van der Waals surface area contributed by atoms with Crippen molar-refractivity contribution in [1.29, 1.82) is 0 Å². The molecular weight excluding hydrogens is 284 g/mol. The Morgan fingerprint density at radius 2 is 1.82 bits per heavy atom. The van der Waals surface area contributed by atoms with Crippen molar-refractivity contribution in [2.75, 3.05) is 7.11 Å². The predicted molar refractivity (Wildman–Crippen MR) is 82.5 cm³/mol. The zero-order chi connectivity index (χ0) is 15.9. The molecule has 22 heavy (non-hydrogen) atoms. The van der Waals surface area contributed by atoms with Crippen LogP contribution in [-0.2, 0) is 0 Å². The highest BCUT2D eigenvalue weighted by molar-refractivity contribution is 5.83. The molecule has 0 spiro atoms. The number of ether oxygens (including phenoxy) is 1. The van der Waals surface area contributed by atoms with Crippen molar-refractivity contribution in [1.82, 2.24) is 0 Å². The van der Waals surface area contributed by atoms with Gasteiger partial charge in [0.2, 0.25) is 0 Å². The van der Waals surface area contributed by atoms with Crippen LogP contribution in [0.5, 0.6) is 17.2 Å². The zero-order valence-electron chi connectivity index (χ0n) is 12.1. The van der Waals surface area contributed by atoms with Crippen molar-refractivity contribution < 1.29 is 19.4 Å². The second-order valence-electron chi connectivity index (χ2n) is 4.95. The van der Waals surface area contributed by atoms with Gasteiger partial charge >= 0.3 is 0 Å². The van der Waals surface area contributed by atoms with Crippen LogP contribution in [0.1, 0.15) is 5.56 Å². The minimum absolute atomic E-state index is 0.0459. The minimum atomic E-state index is -0.213. The van der Waals surface area contributed by atoms with E-state index in [4.69, 9.17) is 9.15 Å². The Bertz CT molecular complexity index is 924. The van der Waals surface area contributed by atoms with Gasteiger partial charge in [-0.3, -0.25) is 4.79 Å². The molecule has 0 aliphatic heterocycles. The van der Waals surface area contributed by atoms with Crippen LogP contribution in [0.25, 0.3) is 22.3 Å². The average Bonchev–Trinajstić information content (AvgIpc) is 2.51. The van der Waals surface area contributed by atoms with Gasteiger partial charge in [-0.15, -0.1) is 0 Å². The summed E-state index contributed by atoms with van der Waals surface area (Å²) in [4.78, 5) is 12.2. The molecule has 0 atom stereocenters. The van der Waals surface area contributed by atoms with E-state index in [9.17, 15) is 15.0 Å². The standard InChI is InChI=1S/C17H14O5/c1-9-12(18)5-4-11-13(19)8-16(22-17(9)11)10-3-6-15(21-2)14(20)7-10/h3-8,18,20H,1-2H3.